The number of allylic oxidation sites excluding steroid dienone is 10. The molecule has 2 aromatic heterocycles. The van der Waals surface area contributed by atoms with Gasteiger partial charge in [-0.3, -0.25) is 19.1 Å². The van der Waals surface area contributed by atoms with Gasteiger partial charge in [0.2, 0.25) is 11.9 Å². The molecular weight excluding hydrogens is 722 g/mol. The second-order valence-corrected chi connectivity index (χ2v) is 15.4. The van der Waals surface area contributed by atoms with Crippen molar-refractivity contribution in [2.45, 2.75) is 83.3 Å². The molecule has 5 N–H and O–H groups in total. The first-order valence-corrected chi connectivity index (χ1v) is 20.6. The third kappa shape index (κ3) is 14.1. The number of hydrogen-bond donors (Lipinski definition) is 4. The van der Waals surface area contributed by atoms with Gasteiger partial charge in [-0.25, -0.2) is 13.9 Å². The number of H-pyrrole nitrogens is 1. The highest BCUT2D eigenvalue weighted by molar-refractivity contribution is 7.54. The lowest BCUT2D eigenvalue weighted by Gasteiger charge is -2.23. The number of benzene rings is 1. The fourth-order valence-electron chi connectivity index (χ4n) is 6.04. The fraction of sp³-hybridized carbons (Fsp3) is 0.415. The number of aliphatic hydroxyl groups excluding tert-OH is 1. The van der Waals surface area contributed by atoms with Crippen LogP contribution in [0.2, 0.25) is 0 Å². The summed E-state index contributed by atoms with van der Waals surface area (Å²) in [5.74, 6) is -1.13. The molecule has 55 heavy (non-hydrogen) atoms. The molecule has 0 bridgehead atoms. The summed E-state index contributed by atoms with van der Waals surface area (Å²) < 4.78 is 40.9. The molecule has 1 aliphatic rings. The van der Waals surface area contributed by atoms with Crippen LogP contribution in [0.3, 0.4) is 0 Å². The van der Waals surface area contributed by atoms with E-state index in [2.05, 4.69) is 94.5 Å². The van der Waals surface area contributed by atoms with Crippen molar-refractivity contribution in [1.29, 1.82) is 0 Å². The number of nitrogens with zero attached hydrogens (tertiary/aromatic N) is 3. The molecule has 1 fully saturated rings. The lowest BCUT2D eigenvalue weighted by Crippen LogP contribution is -2.25. The van der Waals surface area contributed by atoms with Gasteiger partial charge in [0.15, 0.2) is 11.2 Å². The number of aliphatic hydroxyl groups is 1. The highest BCUT2D eigenvalue weighted by atomic mass is 31.2. The van der Waals surface area contributed by atoms with Gasteiger partial charge in [-0.05, 0) is 87.6 Å². The standard InChI is InChI=1S/C41H54FN6O6P/c1-3-4-5-6-7-8-9-10-11-12-13-14-15-16-17-18-19-21-37(50)44-26-20-27-55(52,54-33-24-22-32(42)23-25-33)53-29-34-31(2)35(28-36(34)49)48-30-45-38-39(48)46-41(43)47-40(38)51/h4-5,7-8,10-11,13-14,16-17,22-25,30,34-36,49H,2-3,6,9,12,15,18-21,26-29H2,1H3,(H,44,50)(H3,43,46,47,51)/b5-4-,8-7-,11-10-,14-13-,17-16-/t34-,35?,36-,55?/m0/s1. The van der Waals surface area contributed by atoms with Gasteiger partial charge in [-0.2, -0.15) is 4.98 Å². The molecule has 0 radical (unpaired) electrons. The topological polar surface area (TPSA) is 174 Å². The van der Waals surface area contributed by atoms with E-state index < -0.39 is 37.0 Å². The van der Waals surface area contributed by atoms with E-state index in [1.807, 2.05) is 0 Å². The van der Waals surface area contributed by atoms with Crippen molar-refractivity contribution in [3.8, 4) is 5.75 Å². The largest absolute Gasteiger partial charge is 0.424 e. The van der Waals surface area contributed by atoms with Gasteiger partial charge >= 0.3 is 7.60 Å². The average Bonchev–Trinajstić information content (AvgIpc) is 3.70. The molecule has 296 valence electrons. The van der Waals surface area contributed by atoms with Gasteiger partial charge in [0.05, 0.1) is 31.2 Å². The first kappa shape index (κ1) is 42.9. The van der Waals surface area contributed by atoms with Crippen LogP contribution in [0, 0.1) is 11.7 Å². The number of nitrogens with one attached hydrogen (secondary N) is 2. The van der Waals surface area contributed by atoms with Crippen LogP contribution < -0.4 is 21.1 Å². The molecule has 0 aliphatic heterocycles. The first-order valence-electron chi connectivity index (χ1n) is 18.9. The summed E-state index contributed by atoms with van der Waals surface area (Å²) in [5, 5.41) is 13.9. The molecule has 4 atom stereocenters. The number of nitrogens with two attached hydrogens (primary N) is 1. The van der Waals surface area contributed by atoms with Crippen molar-refractivity contribution in [2.24, 2.45) is 5.92 Å². The minimum atomic E-state index is -3.85. The van der Waals surface area contributed by atoms with Crippen LogP contribution >= 0.6 is 7.60 Å². The van der Waals surface area contributed by atoms with E-state index in [0.717, 1.165) is 38.5 Å². The molecule has 14 heteroatoms. The molecule has 3 aromatic rings. The first-order chi connectivity index (χ1) is 26.6. The maximum absolute atomic E-state index is 14.0. The van der Waals surface area contributed by atoms with Crippen LogP contribution in [0.4, 0.5) is 10.3 Å². The Hall–Kier alpha value is -4.84. The van der Waals surface area contributed by atoms with Crippen LogP contribution in [0.1, 0.15) is 77.2 Å². The number of carbonyl (C=O) groups is 1. The van der Waals surface area contributed by atoms with E-state index in [9.17, 15) is 23.7 Å². The Morgan fingerprint density at radius 2 is 1.69 bits per heavy atom. The van der Waals surface area contributed by atoms with Gasteiger partial charge in [-0.15, -0.1) is 0 Å². The molecule has 2 heterocycles. The summed E-state index contributed by atoms with van der Waals surface area (Å²) >= 11 is 0. The molecule has 0 saturated heterocycles. The molecule has 1 aromatic carbocycles. The van der Waals surface area contributed by atoms with Gasteiger partial charge in [0, 0.05) is 18.9 Å². The summed E-state index contributed by atoms with van der Waals surface area (Å²) in [7, 11) is -3.85. The van der Waals surface area contributed by atoms with Crippen molar-refractivity contribution in [3.05, 3.63) is 120 Å². The lowest BCUT2D eigenvalue weighted by atomic mass is 10.0. The molecule has 4 rings (SSSR count). The monoisotopic (exact) mass is 776 g/mol. The highest BCUT2D eigenvalue weighted by Gasteiger charge is 2.40. The quantitative estimate of drug-likeness (QED) is 0.0422. The van der Waals surface area contributed by atoms with Crippen molar-refractivity contribution < 1.29 is 27.9 Å². The fourth-order valence-corrected chi connectivity index (χ4v) is 7.69. The minimum absolute atomic E-state index is 0.0401. The van der Waals surface area contributed by atoms with Crippen LogP contribution in [0.25, 0.3) is 11.2 Å². The van der Waals surface area contributed by atoms with E-state index in [4.69, 9.17) is 14.8 Å². The molecule has 0 spiro atoms. The molecule has 1 amide bonds. The molecule has 2 unspecified atom stereocenters. The SMILES string of the molecule is C=C1C(n2cnc3c(=O)[nH]c(N)nc32)C[C@H](O)[C@H]1COP(=O)(CCCNC(=O)CCC/C=C\C/C=C\C/C=C\C/C=C\C/C=C\CC)Oc1ccc(F)cc1. The number of imidazole rings is 1. The number of carbonyl (C=O) groups excluding carboxylic acids is 1. The van der Waals surface area contributed by atoms with Crippen LogP contribution in [0.15, 0.2) is 108 Å². The van der Waals surface area contributed by atoms with Crippen molar-refractivity contribution in [1.82, 2.24) is 24.8 Å². The Morgan fingerprint density at radius 1 is 1.05 bits per heavy atom. The van der Waals surface area contributed by atoms with Crippen molar-refractivity contribution >= 4 is 30.6 Å². The third-order valence-electron chi connectivity index (χ3n) is 8.99. The number of fused-ring (bicyclic) bond motifs is 1. The lowest BCUT2D eigenvalue weighted by molar-refractivity contribution is -0.121. The van der Waals surface area contributed by atoms with Crippen molar-refractivity contribution in [2.75, 3.05) is 25.0 Å². The zero-order chi connectivity index (χ0) is 39.5. The zero-order valence-corrected chi connectivity index (χ0v) is 32.4. The van der Waals surface area contributed by atoms with E-state index in [1.54, 1.807) is 4.57 Å². The second-order valence-electron chi connectivity index (χ2n) is 13.3. The predicted molar refractivity (Wildman–Crippen MR) is 216 cm³/mol. The molecule has 12 nitrogen and oxygen atoms in total. The Morgan fingerprint density at radius 3 is 2.35 bits per heavy atom. The summed E-state index contributed by atoms with van der Waals surface area (Å²) in [6, 6.07) is 4.61. The third-order valence-corrected chi connectivity index (χ3v) is 10.9. The normalized spacial score (nSPS) is 18.9. The Labute approximate surface area is 322 Å². The number of amides is 1. The van der Waals surface area contributed by atoms with Crippen LogP contribution in [0.5, 0.6) is 5.75 Å². The summed E-state index contributed by atoms with van der Waals surface area (Å²) in [4.78, 5) is 35.5. The number of anilines is 1. The molecule has 1 aliphatic carbocycles. The van der Waals surface area contributed by atoms with Gasteiger partial charge in [0.25, 0.3) is 5.56 Å². The number of halogens is 1. The van der Waals surface area contributed by atoms with E-state index >= 15 is 0 Å². The second kappa shape index (κ2) is 22.5. The highest BCUT2D eigenvalue weighted by Crippen LogP contribution is 2.51. The zero-order valence-electron chi connectivity index (χ0n) is 31.5. The van der Waals surface area contributed by atoms with E-state index in [0.29, 0.717) is 24.8 Å². The number of nitrogen functional groups attached to an aromatic ring is 1. The molecule has 1 saturated carbocycles. The average molecular weight is 777 g/mol. The van der Waals surface area contributed by atoms with Gasteiger partial charge in [-0.1, -0.05) is 74.3 Å². The van der Waals surface area contributed by atoms with Crippen molar-refractivity contribution in [3.63, 3.8) is 0 Å². The van der Waals surface area contributed by atoms with E-state index in [1.165, 1.54) is 30.6 Å². The Balaban J connectivity index is 1.19. The molecular formula is C41H54FN6O6P. The number of unbranched alkanes of at least 4 members (excludes halogenated alkanes) is 1. The maximum Gasteiger partial charge on any atom is 0.379 e. The summed E-state index contributed by atoms with van der Waals surface area (Å²) in [6.45, 7) is 6.38. The maximum atomic E-state index is 14.0. The summed E-state index contributed by atoms with van der Waals surface area (Å²) in [5.41, 5.74) is 6.19. The number of hydrogen-bond acceptors (Lipinski definition) is 9. The van der Waals surface area contributed by atoms with Crippen LogP contribution in [-0.4, -0.2) is 56.0 Å². The smallest absolute Gasteiger partial charge is 0.379 e. The summed E-state index contributed by atoms with van der Waals surface area (Å²) in [6.07, 6.45) is 29.1. The number of rotatable bonds is 23. The van der Waals surface area contributed by atoms with Crippen LogP contribution in [-0.2, 0) is 13.9 Å². The van der Waals surface area contributed by atoms with Gasteiger partial charge < -0.3 is 25.2 Å². The Bertz CT molecular complexity index is 1950. The van der Waals surface area contributed by atoms with E-state index in [-0.39, 0.29) is 54.5 Å². The van der Waals surface area contributed by atoms with Gasteiger partial charge in [0.1, 0.15) is 11.6 Å². The minimum Gasteiger partial charge on any atom is -0.424 e. The Kier molecular flexibility index (Phi) is 17.6. The number of aromatic nitrogens is 4. The number of aromatic amines is 1. The predicted octanol–water partition coefficient (Wildman–Crippen LogP) is 8.04.